The van der Waals surface area contributed by atoms with Crippen LogP contribution in [0.25, 0.3) is 17.0 Å². The van der Waals surface area contributed by atoms with E-state index >= 15 is 0 Å². The second-order valence-corrected chi connectivity index (χ2v) is 8.67. The number of Topliss-reactive ketones (excluding diaryl/α,β-unsaturated/α-hetero) is 1. The number of hydrogen-bond donors (Lipinski definition) is 0. The van der Waals surface area contributed by atoms with Crippen molar-refractivity contribution in [2.45, 2.75) is 44.0 Å². The first-order valence-corrected chi connectivity index (χ1v) is 11.1. The summed E-state index contributed by atoms with van der Waals surface area (Å²) in [5.41, 5.74) is 3.77. The molecule has 0 unspecified atom stereocenters. The lowest BCUT2D eigenvalue weighted by atomic mass is 10.1. The van der Waals surface area contributed by atoms with Crippen LogP contribution in [0.5, 0.6) is 0 Å². The number of hydrogen-bond acceptors (Lipinski definition) is 3. The van der Waals surface area contributed by atoms with Crippen LogP contribution in [0.2, 0.25) is 0 Å². The predicted octanol–water partition coefficient (Wildman–Crippen LogP) is 5.82. The second-order valence-electron chi connectivity index (χ2n) is 7.61. The fourth-order valence-electron chi connectivity index (χ4n) is 3.84. The Balaban J connectivity index is 1.57. The Morgan fingerprint density at radius 3 is 2.66 bits per heavy atom. The van der Waals surface area contributed by atoms with E-state index in [1.54, 1.807) is 6.92 Å². The first-order valence-electron chi connectivity index (χ1n) is 10.3. The summed E-state index contributed by atoms with van der Waals surface area (Å²) < 4.78 is 2.34. The molecule has 0 fully saturated rings. The first kappa shape index (κ1) is 19.7. The number of carbonyl (C=O) groups excluding carboxylic acids is 1. The molecule has 2 heterocycles. The zero-order chi connectivity index (χ0) is 20.2. The molecular formula is C25H27N2OS+. The molecule has 0 spiro atoms. The molecule has 1 aromatic heterocycles. The number of aromatic nitrogens is 1. The zero-order valence-corrected chi connectivity index (χ0v) is 17.9. The molecule has 0 amide bonds. The normalized spacial score (nSPS) is 14.6. The summed E-state index contributed by atoms with van der Waals surface area (Å²) in [4.78, 5) is 14.7. The maximum atomic E-state index is 11.1. The number of rotatable bonds is 7. The quantitative estimate of drug-likeness (QED) is 0.367. The molecule has 1 aliphatic heterocycles. The Morgan fingerprint density at radius 1 is 1.03 bits per heavy atom. The fraction of sp³-hybridized carbons (Fsp3) is 0.280. The highest BCUT2D eigenvalue weighted by atomic mass is 32.2. The Bertz CT molecular complexity index is 1070. The number of aryl methyl sites for hydroxylation is 1. The number of carbonyl (C=O) groups is 1. The number of fused-ring (bicyclic) bond motifs is 2. The minimum atomic E-state index is 0.289. The van der Waals surface area contributed by atoms with E-state index in [4.69, 9.17) is 0 Å². The molecule has 0 N–H and O–H groups in total. The van der Waals surface area contributed by atoms with Gasteiger partial charge >= 0.3 is 0 Å². The average molecular weight is 404 g/mol. The summed E-state index contributed by atoms with van der Waals surface area (Å²) in [5.74, 6) is 0.289. The van der Waals surface area contributed by atoms with Crippen molar-refractivity contribution in [3.8, 4) is 0 Å². The molecular weight excluding hydrogens is 376 g/mol. The van der Waals surface area contributed by atoms with Gasteiger partial charge in [0.05, 0.1) is 16.1 Å². The Morgan fingerprint density at radius 2 is 1.83 bits per heavy atom. The first-order chi connectivity index (χ1) is 14.1. The maximum Gasteiger partial charge on any atom is 0.213 e. The standard InChI is InChI=1S/C25H27N2OS/c1-19(28)10-4-3-9-16-27-17-15-20(21-11-5-6-12-22(21)27)18-25-26(2)23-13-7-8-14-24(23)29-25/h5-8,11-15,17-18H,3-4,9-10,16H2,1-2H3/q+1. The molecule has 0 aliphatic carbocycles. The molecule has 3 aromatic rings. The maximum absolute atomic E-state index is 11.1. The monoisotopic (exact) mass is 403 g/mol. The highest BCUT2D eigenvalue weighted by Gasteiger charge is 2.22. The van der Waals surface area contributed by atoms with Gasteiger partial charge in [-0.25, -0.2) is 0 Å². The summed E-state index contributed by atoms with van der Waals surface area (Å²) in [6.45, 7) is 2.66. The number of para-hydroxylation sites is 2. The number of ketones is 1. The van der Waals surface area contributed by atoms with Crippen LogP contribution >= 0.6 is 11.8 Å². The smallest absolute Gasteiger partial charge is 0.213 e. The van der Waals surface area contributed by atoms with E-state index in [2.05, 4.69) is 83.4 Å². The molecule has 0 bridgehead atoms. The summed E-state index contributed by atoms with van der Waals surface area (Å²) in [6.07, 6.45) is 8.37. The number of nitrogens with zero attached hydrogens (tertiary/aromatic N) is 2. The Labute approximate surface area is 177 Å². The van der Waals surface area contributed by atoms with Gasteiger partial charge < -0.3 is 9.69 Å². The molecule has 3 nitrogen and oxygen atoms in total. The van der Waals surface area contributed by atoms with Crippen LogP contribution < -0.4 is 9.47 Å². The largest absolute Gasteiger partial charge is 0.338 e. The lowest BCUT2D eigenvalue weighted by Gasteiger charge is -2.13. The van der Waals surface area contributed by atoms with E-state index in [0.29, 0.717) is 6.42 Å². The van der Waals surface area contributed by atoms with Gasteiger partial charge in [0.1, 0.15) is 12.3 Å². The van der Waals surface area contributed by atoms with Crippen molar-refractivity contribution in [3.05, 3.63) is 71.4 Å². The summed E-state index contributed by atoms with van der Waals surface area (Å²) in [6, 6.07) is 19.4. The van der Waals surface area contributed by atoms with Crippen LogP contribution in [0.15, 0.2) is 70.7 Å². The van der Waals surface area contributed by atoms with Gasteiger partial charge in [-0.1, -0.05) is 36.0 Å². The van der Waals surface area contributed by atoms with Gasteiger partial charge in [-0.3, -0.25) is 0 Å². The van der Waals surface area contributed by atoms with Crippen molar-refractivity contribution >= 4 is 40.2 Å². The molecule has 0 radical (unpaired) electrons. The molecule has 0 saturated carbocycles. The molecule has 4 rings (SSSR count). The summed E-state index contributed by atoms with van der Waals surface area (Å²) in [7, 11) is 2.14. The molecule has 29 heavy (non-hydrogen) atoms. The van der Waals surface area contributed by atoms with Crippen molar-refractivity contribution < 1.29 is 9.36 Å². The van der Waals surface area contributed by atoms with E-state index in [1.807, 2.05) is 11.8 Å². The third-order valence-corrected chi connectivity index (χ3v) is 6.60. The highest BCUT2D eigenvalue weighted by Crippen LogP contribution is 2.45. The van der Waals surface area contributed by atoms with E-state index in [9.17, 15) is 4.79 Å². The fourth-order valence-corrected chi connectivity index (χ4v) is 4.94. The van der Waals surface area contributed by atoms with Crippen molar-refractivity contribution in [2.24, 2.45) is 0 Å². The van der Waals surface area contributed by atoms with Crippen LogP contribution in [-0.2, 0) is 11.3 Å². The topological polar surface area (TPSA) is 24.2 Å². The van der Waals surface area contributed by atoms with Crippen LogP contribution in [0, 0.1) is 0 Å². The van der Waals surface area contributed by atoms with E-state index in [0.717, 1.165) is 25.8 Å². The van der Waals surface area contributed by atoms with Gasteiger partial charge in [0.15, 0.2) is 6.20 Å². The van der Waals surface area contributed by atoms with Crippen LogP contribution in [0.1, 0.15) is 38.2 Å². The van der Waals surface area contributed by atoms with Crippen LogP contribution in [0.4, 0.5) is 5.69 Å². The molecule has 2 aromatic carbocycles. The molecule has 0 saturated heterocycles. The van der Waals surface area contributed by atoms with Gasteiger partial charge in [0, 0.05) is 36.9 Å². The lowest BCUT2D eigenvalue weighted by Crippen LogP contribution is -2.34. The average Bonchev–Trinajstić information content (AvgIpc) is 3.04. The second kappa shape index (κ2) is 8.83. The van der Waals surface area contributed by atoms with Crippen molar-refractivity contribution in [2.75, 3.05) is 11.9 Å². The molecule has 0 atom stereocenters. The SMILES string of the molecule is CC(=O)CCCCC[n+]1ccc(C=C2Sc3ccccc3N2C)c2ccccc21. The number of unbranched alkanes of at least 4 members (excludes halogenated alkanes) is 2. The number of benzene rings is 2. The number of pyridine rings is 1. The Hall–Kier alpha value is -2.59. The minimum Gasteiger partial charge on any atom is -0.338 e. The highest BCUT2D eigenvalue weighted by molar-refractivity contribution is 8.03. The number of thioether (sulfide) groups is 1. The molecule has 4 heteroatoms. The van der Waals surface area contributed by atoms with E-state index in [1.165, 1.54) is 32.1 Å². The van der Waals surface area contributed by atoms with Crippen molar-refractivity contribution in [1.29, 1.82) is 0 Å². The summed E-state index contributed by atoms with van der Waals surface area (Å²) >= 11 is 1.83. The van der Waals surface area contributed by atoms with Crippen LogP contribution in [0.3, 0.4) is 0 Å². The lowest BCUT2D eigenvalue weighted by molar-refractivity contribution is -0.671. The Kier molecular flexibility index (Phi) is 6.00. The van der Waals surface area contributed by atoms with Crippen molar-refractivity contribution in [1.82, 2.24) is 0 Å². The third kappa shape index (κ3) is 4.38. The molecule has 1 aliphatic rings. The van der Waals surface area contributed by atoms with Gasteiger partial charge in [0.2, 0.25) is 5.52 Å². The predicted molar refractivity (Wildman–Crippen MR) is 122 cm³/mol. The van der Waals surface area contributed by atoms with Crippen molar-refractivity contribution in [3.63, 3.8) is 0 Å². The van der Waals surface area contributed by atoms with Gasteiger partial charge in [-0.05, 0) is 49.6 Å². The molecule has 148 valence electrons. The summed E-state index contributed by atoms with van der Waals surface area (Å²) in [5, 5.41) is 2.52. The zero-order valence-electron chi connectivity index (χ0n) is 17.1. The van der Waals surface area contributed by atoms with E-state index < -0.39 is 0 Å². The number of anilines is 1. The van der Waals surface area contributed by atoms with Gasteiger partial charge in [0.25, 0.3) is 0 Å². The third-order valence-electron chi connectivity index (χ3n) is 5.44. The van der Waals surface area contributed by atoms with Crippen LogP contribution in [-0.4, -0.2) is 12.8 Å². The van der Waals surface area contributed by atoms with Gasteiger partial charge in [-0.2, -0.15) is 4.57 Å². The van der Waals surface area contributed by atoms with E-state index in [-0.39, 0.29) is 5.78 Å². The minimum absolute atomic E-state index is 0.289. The van der Waals surface area contributed by atoms with Gasteiger partial charge in [-0.15, -0.1) is 0 Å².